The molecule has 22 heavy (non-hydrogen) atoms. The third-order valence-corrected chi connectivity index (χ3v) is 2.81. The second kappa shape index (κ2) is 13.3. The van der Waals surface area contributed by atoms with Crippen molar-refractivity contribution in [1.29, 1.82) is 0 Å². The summed E-state index contributed by atoms with van der Waals surface area (Å²) in [4.78, 5) is 11.5. The van der Waals surface area contributed by atoms with E-state index in [1.807, 2.05) is 0 Å². The van der Waals surface area contributed by atoms with Crippen LogP contribution in [0.25, 0.3) is 0 Å². The van der Waals surface area contributed by atoms with E-state index in [-0.39, 0.29) is 12.4 Å². The van der Waals surface area contributed by atoms with Gasteiger partial charge in [0, 0.05) is 25.6 Å². The first-order valence-corrected chi connectivity index (χ1v) is 7.53. The van der Waals surface area contributed by atoms with Crippen molar-refractivity contribution in [3.8, 4) is 0 Å². The van der Waals surface area contributed by atoms with Crippen LogP contribution in [0, 0.1) is 0 Å². The Morgan fingerprint density at radius 2 is 1.77 bits per heavy atom. The van der Waals surface area contributed by atoms with Gasteiger partial charge in [-0.25, -0.2) is 0 Å². The zero-order valence-electron chi connectivity index (χ0n) is 12.9. The Balaban J connectivity index is 1.79. The summed E-state index contributed by atoms with van der Waals surface area (Å²) in [5.74, 6) is 0.166. The smallest absolute Gasteiger partial charge is 0.135 e. The van der Waals surface area contributed by atoms with Crippen LogP contribution in [0.1, 0.15) is 19.3 Å². The quantitative estimate of drug-likeness (QED) is 0.457. The van der Waals surface area contributed by atoms with Gasteiger partial charge in [-0.05, 0) is 6.42 Å². The van der Waals surface area contributed by atoms with Crippen LogP contribution in [0.3, 0.4) is 0 Å². The van der Waals surface area contributed by atoms with Gasteiger partial charge in [-0.15, -0.1) is 5.10 Å². The Hall–Kier alpha value is -1.35. The van der Waals surface area contributed by atoms with Gasteiger partial charge in [-0.2, -0.15) is 0 Å². The molecule has 1 aromatic heterocycles. The summed E-state index contributed by atoms with van der Waals surface area (Å²) in [6.45, 7) is 3.46. The summed E-state index contributed by atoms with van der Waals surface area (Å²) in [6.07, 6.45) is 4.99. The van der Waals surface area contributed by atoms with E-state index in [4.69, 9.17) is 19.3 Å². The van der Waals surface area contributed by atoms with E-state index in [9.17, 15) is 4.79 Å². The normalized spacial score (nSPS) is 11.0. The summed E-state index contributed by atoms with van der Waals surface area (Å²) < 4.78 is 17.5. The van der Waals surface area contributed by atoms with Crippen LogP contribution in [0.5, 0.6) is 0 Å². The van der Waals surface area contributed by atoms with Crippen LogP contribution in [0.4, 0.5) is 0 Å². The molecule has 0 fully saturated rings. The zero-order valence-corrected chi connectivity index (χ0v) is 12.9. The van der Waals surface area contributed by atoms with E-state index in [1.165, 1.54) is 0 Å². The highest BCUT2D eigenvalue weighted by Gasteiger charge is 2.02. The number of ketones is 1. The molecule has 8 nitrogen and oxygen atoms in total. The van der Waals surface area contributed by atoms with Gasteiger partial charge in [-0.3, -0.25) is 9.48 Å². The minimum Gasteiger partial charge on any atom is -0.394 e. The molecule has 8 heteroatoms. The molecular weight excluding hydrogens is 290 g/mol. The Labute approximate surface area is 130 Å². The molecule has 0 unspecified atom stereocenters. The monoisotopic (exact) mass is 315 g/mol. The number of carbonyl (C=O) groups is 1. The van der Waals surface area contributed by atoms with Crippen LogP contribution in [0.15, 0.2) is 12.4 Å². The van der Waals surface area contributed by atoms with Crippen molar-refractivity contribution in [3.05, 3.63) is 12.4 Å². The van der Waals surface area contributed by atoms with Crippen molar-refractivity contribution in [2.45, 2.75) is 25.8 Å². The first-order chi connectivity index (χ1) is 10.8. The summed E-state index contributed by atoms with van der Waals surface area (Å²) >= 11 is 0. The molecule has 1 rings (SSSR count). The molecule has 1 heterocycles. The predicted octanol–water partition coefficient (Wildman–Crippen LogP) is 0.0596. The molecule has 0 amide bonds. The molecule has 0 aromatic carbocycles. The van der Waals surface area contributed by atoms with Gasteiger partial charge in [0.15, 0.2) is 0 Å². The third-order valence-electron chi connectivity index (χ3n) is 2.81. The number of hydrogen-bond acceptors (Lipinski definition) is 7. The van der Waals surface area contributed by atoms with Crippen molar-refractivity contribution in [2.24, 2.45) is 0 Å². The third kappa shape index (κ3) is 10.4. The van der Waals surface area contributed by atoms with E-state index in [0.29, 0.717) is 65.4 Å². The van der Waals surface area contributed by atoms with Crippen molar-refractivity contribution in [1.82, 2.24) is 15.0 Å². The van der Waals surface area contributed by atoms with Gasteiger partial charge < -0.3 is 19.3 Å². The molecule has 0 radical (unpaired) electrons. The predicted molar refractivity (Wildman–Crippen MR) is 78.4 cm³/mol. The molecule has 0 aliphatic rings. The van der Waals surface area contributed by atoms with E-state index < -0.39 is 0 Å². The van der Waals surface area contributed by atoms with Gasteiger partial charge in [0.25, 0.3) is 0 Å². The fraction of sp³-hybridized carbons (Fsp3) is 0.786. The van der Waals surface area contributed by atoms with Crippen LogP contribution in [-0.4, -0.2) is 72.1 Å². The van der Waals surface area contributed by atoms with Gasteiger partial charge in [0.2, 0.25) is 0 Å². The zero-order chi connectivity index (χ0) is 15.9. The second-order valence-corrected chi connectivity index (χ2v) is 4.62. The molecule has 0 saturated carbocycles. The van der Waals surface area contributed by atoms with Crippen molar-refractivity contribution < 1.29 is 24.1 Å². The molecule has 126 valence electrons. The number of aliphatic hydroxyl groups excluding tert-OH is 1. The Morgan fingerprint density at radius 1 is 1.00 bits per heavy atom. The average molecular weight is 315 g/mol. The van der Waals surface area contributed by atoms with Crippen molar-refractivity contribution >= 4 is 5.78 Å². The molecule has 0 aliphatic carbocycles. The molecule has 0 bridgehead atoms. The fourth-order valence-electron chi connectivity index (χ4n) is 1.68. The van der Waals surface area contributed by atoms with E-state index >= 15 is 0 Å². The summed E-state index contributed by atoms with van der Waals surface area (Å²) in [5.41, 5.74) is 0. The first kappa shape index (κ1) is 18.7. The Kier molecular flexibility index (Phi) is 11.3. The van der Waals surface area contributed by atoms with E-state index in [0.717, 1.165) is 0 Å². The highest BCUT2D eigenvalue weighted by atomic mass is 16.5. The van der Waals surface area contributed by atoms with Gasteiger partial charge >= 0.3 is 0 Å². The van der Waals surface area contributed by atoms with Gasteiger partial charge in [0.1, 0.15) is 5.78 Å². The fourth-order valence-corrected chi connectivity index (χ4v) is 1.68. The van der Waals surface area contributed by atoms with E-state index in [2.05, 4.69) is 10.3 Å². The number of carbonyl (C=O) groups excluding carboxylic acids is 1. The number of aliphatic hydroxyl groups is 1. The number of Topliss-reactive ketones (excluding diaryl/α,β-unsaturated/α-hetero) is 1. The minimum absolute atomic E-state index is 0.0166. The highest BCUT2D eigenvalue weighted by Crippen LogP contribution is 1.97. The second-order valence-electron chi connectivity index (χ2n) is 4.62. The summed E-state index contributed by atoms with van der Waals surface area (Å²) in [6, 6.07) is 0. The van der Waals surface area contributed by atoms with E-state index in [1.54, 1.807) is 17.1 Å². The number of hydrogen-bond donors (Lipinski definition) is 1. The maximum atomic E-state index is 11.5. The standard InChI is InChI=1S/C14H25N3O5/c18-7-11-20-8-1-2-14(19)3-9-21-12-13-22-10-6-17-5-4-15-16-17/h4-5,18H,1-3,6-13H2. The SMILES string of the molecule is O=C(CCCOCCO)CCOCCOCCn1ccnn1. The van der Waals surface area contributed by atoms with Crippen LogP contribution >= 0.6 is 0 Å². The Bertz CT molecular complexity index is 373. The lowest BCUT2D eigenvalue weighted by Gasteiger charge is -2.06. The molecule has 1 N–H and O–H groups in total. The van der Waals surface area contributed by atoms with Crippen molar-refractivity contribution in [3.63, 3.8) is 0 Å². The topological polar surface area (TPSA) is 95.7 Å². The minimum atomic E-state index is 0.0166. The van der Waals surface area contributed by atoms with Crippen LogP contribution in [0.2, 0.25) is 0 Å². The van der Waals surface area contributed by atoms with Crippen LogP contribution in [-0.2, 0) is 25.5 Å². The number of aromatic nitrogens is 3. The maximum absolute atomic E-state index is 11.5. The maximum Gasteiger partial charge on any atom is 0.135 e. The molecule has 0 spiro atoms. The molecule has 0 atom stereocenters. The lowest BCUT2D eigenvalue weighted by molar-refractivity contribution is -0.120. The molecule has 0 saturated heterocycles. The lowest BCUT2D eigenvalue weighted by atomic mass is 10.2. The lowest BCUT2D eigenvalue weighted by Crippen LogP contribution is -2.12. The molecule has 1 aromatic rings. The number of rotatable bonds is 15. The van der Waals surface area contributed by atoms with Crippen molar-refractivity contribution in [2.75, 3.05) is 46.2 Å². The highest BCUT2D eigenvalue weighted by molar-refractivity contribution is 5.78. The Morgan fingerprint density at radius 3 is 2.50 bits per heavy atom. The first-order valence-electron chi connectivity index (χ1n) is 7.53. The van der Waals surface area contributed by atoms with Gasteiger partial charge in [0.05, 0.1) is 52.4 Å². The van der Waals surface area contributed by atoms with Crippen LogP contribution < -0.4 is 0 Å². The van der Waals surface area contributed by atoms with Gasteiger partial charge in [-0.1, -0.05) is 5.21 Å². The number of nitrogens with zero attached hydrogens (tertiary/aromatic N) is 3. The molecular formula is C14H25N3O5. The summed E-state index contributed by atoms with van der Waals surface area (Å²) in [5, 5.41) is 16.0. The number of ether oxygens (including phenoxy) is 3. The molecule has 0 aliphatic heterocycles. The summed E-state index contributed by atoms with van der Waals surface area (Å²) in [7, 11) is 0. The largest absolute Gasteiger partial charge is 0.394 e. The average Bonchev–Trinajstić information content (AvgIpc) is 3.03.